The lowest BCUT2D eigenvalue weighted by Crippen LogP contribution is -2.38. The second-order valence-electron chi connectivity index (χ2n) is 7.04. The second kappa shape index (κ2) is 6.53. The largest absolute Gasteiger partial charge is 0.350 e. The van der Waals surface area contributed by atoms with E-state index < -0.39 is 0 Å². The molecular weight excluding hydrogens is 326 g/mol. The van der Waals surface area contributed by atoms with Gasteiger partial charge in [-0.25, -0.2) is 4.98 Å². The van der Waals surface area contributed by atoms with Gasteiger partial charge in [-0.15, -0.1) is 0 Å². The predicted octanol–water partition coefficient (Wildman–Crippen LogP) is 2.41. The summed E-state index contributed by atoms with van der Waals surface area (Å²) in [5.74, 6) is 0.426. The van der Waals surface area contributed by atoms with E-state index in [9.17, 15) is 4.79 Å². The zero-order chi connectivity index (χ0) is 18.3. The number of pyridine rings is 1. The highest BCUT2D eigenvalue weighted by Crippen LogP contribution is 2.31. The minimum Gasteiger partial charge on any atom is -0.350 e. The third-order valence-corrected chi connectivity index (χ3v) is 5.01. The maximum Gasteiger partial charge on any atom is 0.252 e. The van der Waals surface area contributed by atoms with Crippen molar-refractivity contribution in [1.29, 1.82) is 0 Å². The van der Waals surface area contributed by atoms with Gasteiger partial charge in [0.05, 0.1) is 22.3 Å². The number of benzene rings is 1. The Morgan fingerprint density at radius 3 is 2.77 bits per heavy atom. The fraction of sp³-hybridized carbons (Fsp3) is 0.350. The highest BCUT2D eigenvalue weighted by atomic mass is 16.1. The zero-order valence-electron chi connectivity index (χ0n) is 15.1. The Morgan fingerprint density at radius 2 is 2.08 bits per heavy atom. The van der Waals surface area contributed by atoms with Crippen molar-refractivity contribution in [2.45, 2.75) is 25.8 Å². The molecule has 26 heavy (non-hydrogen) atoms. The topological polar surface area (TPSA) is 85.8 Å². The van der Waals surface area contributed by atoms with Gasteiger partial charge < -0.3 is 11.1 Å². The fourth-order valence-electron chi connectivity index (χ4n) is 3.38. The van der Waals surface area contributed by atoms with E-state index in [1.807, 2.05) is 50.4 Å². The first-order valence-corrected chi connectivity index (χ1v) is 8.98. The maximum atomic E-state index is 12.9. The lowest BCUT2D eigenvalue weighted by Gasteiger charge is -2.13. The number of amides is 1. The minimum absolute atomic E-state index is 0.0277. The number of aryl methyl sites for hydroxylation is 2. The normalized spacial score (nSPS) is 15.2. The first-order valence-electron chi connectivity index (χ1n) is 8.98. The van der Waals surface area contributed by atoms with Gasteiger partial charge in [0.1, 0.15) is 0 Å². The third kappa shape index (κ3) is 3.08. The van der Waals surface area contributed by atoms with Crippen LogP contribution in [0.4, 0.5) is 0 Å². The fourth-order valence-corrected chi connectivity index (χ4v) is 3.38. The van der Waals surface area contributed by atoms with Crippen molar-refractivity contribution < 1.29 is 4.79 Å². The quantitative estimate of drug-likeness (QED) is 0.741. The smallest absolute Gasteiger partial charge is 0.252 e. The van der Waals surface area contributed by atoms with Crippen LogP contribution in [0.1, 0.15) is 28.9 Å². The molecule has 1 fully saturated rings. The summed E-state index contributed by atoms with van der Waals surface area (Å²) >= 11 is 0. The first-order chi connectivity index (χ1) is 12.5. The molecule has 2 heterocycles. The van der Waals surface area contributed by atoms with E-state index >= 15 is 0 Å². The van der Waals surface area contributed by atoms with Gasteiger partial charge in [-0.2, -0.15) is 5.10 Å². The van der Waals surface area contributed by atoms with Gasteiger partial charge in [0.25, 0.3) is 5.91 Å². The second-order valence-corrected chi connectivity index (χ2v) is 7.04. The molecule has 0 aliphatic heterocycles. The van der Waals surface area contributed by atoms with Gasteiger partial charge in [0.2, 0.25) is 0 Å². The molecule has 4 rings (SSSR count). The minimum atomic E-state index is -0.123. The van der Waals surface area contributed by atoms with E-state index in [0.29, 0.717) is 23.7 Å². The number of aromatic nitrogens is 3. The zero-order valence-corrected chi connectivity index (χ0v) is 15.1. The van der Waals surface area contributed by atoms with Crippen LogP contribution >= 0.6 is 0 Å². The molecular formula is C20H23N5O. The predicted molar refractivity (Wildman–Crippen MR) is 102 cm³/mol. The number of hydrogen-bond donors (Lipinski definition) is 2. The number of hydrogen-bond acceptors (Lipinski definition) is 4. The Labute approximate surface area is 152 Å². The number of nitrogens with one attached hydrogen (secondary N) is 1. The van der Waals surface area contributed by atoms with E-state index in [1.54, 1.807) is 4.68 Å². The van der Waals surface area contributed by atoms with Crippen LogP contribution in [0.15, 0.2) is 36.4 Å². The van der Waals surface area contributed by atoms with E-state index in [0.717, 1.165) is 35.2 Å². The van der Waals surface area contributed by atoms with Crippen LogP contribution in [-0.2, 0) is 7.05 Å². The monoisotopic (exact) mass is 349 g/mol. The Kier molecular flexibility index (Phi) is 4.20. The molecule has 2 aromatic heterocycles. The summed E-state index contributed by atoms with van der Waals surface area (Å²) in [6, 6.07) is 11.7. The molecule has 0 spiro atoms. The molecule has 134 valence electrons. The number of carbonyl (C=O) groups excluding carboxylic acids is 1. The van der Waals surface area contributed by atoms with Crippen molar-refractivity contribution in [3.05, 3.63) is 47.7 Å². The average Bonchev–Trinajstić information content (AvgIpc) is 3.46. The van der Waals surface area contributed by atoms with Gasteiger partial charge in [-0.3, -0.25) is 9.48 Å². The summed E-state index contributed by atoms with van der Waals surface area (Å²) in [6.45, 7) is 2.40. The summed E-state index contributed by atoms with van der Waals surface area (Å²) in [7, 11) is 1.85. The SMILES string of the molecule is Cc1nn(C)c2nc(-c3ccccc3)cc(C(=O)NCC(N)C3CC3)c12. The third-order valence-electron chi connectivity index (χ3n) is 5.01. The molecule has 3 N–H and O–H groups in total. The summed E-state index contributed by atoms with van der Waals surface area (Å²) in [6.07, 6.45) is 2.33. The number of carbonyl (C=O) groups is 1. The van der Waals surface area contributed by atoms with Crippen molar-refractivity contribution in [2.24, 2.45) is 18.7 Å². The van der Waals surface area contributed by atoms with Crippen LogP contribution in [-0.4, -0.2) is 33.3 Å². The standard InChI is InChI=1S/C20H23N5O/c1-12-18-15(20(26)22-11-16(21)13-8-9-13)10-17(14-6-4-3-5-7-14)23-19(18)25(2)24-12/h3-7,10,13,16H,8-9,11,21H2,1-2H3,(H,22,26). The molecule has 0 radical (unpaired) electrons. The molecule has 1 atom stereocenters. The summed E-state index contributed by atoms with van der Waals surface area (Å²) in [5.41, 5.74) is 9.97. The number of nitrogens with zero attached hydrogens (tertiary/aromatic N) is 3. The van der Waals surface area contributed by atoms with E-state index in [4.69, 9.17) is 10.7 Å². The number of fused-ring (bicyclic) bond motifs is 1. The summed E-state index contributed by atoms with van der Waals surface area (Å²) in [5, 5.41) is 8.25. The van der Waals surface area contributed by atoms with Crippen LogP contribution in [0, 0.1) is 12.8 Å². The lowest BCUT2D eigenvalue weighted by atomic mass is 10.0. The van der Waals surface area contributed by atoms with Gasteiger partial charge in [0, 0.05) is 25.2 Å². The molecule has 6 heteroatoms. The van der Waals surface area contributed by atoms with E-state index in [2.05, 4.69) is 10.4 Å². The van der Waals surface area contributed by atoms with Gasteiger partial charge in [-0.1, -0.05) is 30.3 Å². The maximum absolute atomic E-state index is 12.9. The van der Waals surface area contributed by atoms with Crippen LogP contribution in [0.2, 0.25) is 0 Å². The van der Waals surface area contributed by atoms with Gasteiger partial charge in [0.15, 0.2) is 5.65 Å². The number of nitrogens with two attached hydrogens (primary N) is 1. The van der Waals surface area contributed by atoms with Crippen molar-refractivity contribution in [3.8, 4) is 11.3 Å². The van der Waals surface area contributed by atoms with E-state index in [-0.39, 0.29) is 11.9 Å². The highest BCUT2D eigenvalue weighted by Gasteiger charge is 2.29. The summed E-state index contributed by atoms with van der Waals surface area (Å²) < 4.78 is 1.73. The van der Waals surface area contributed by atoms with Crippen molar-refractivity contribution in [3.63, 3.8) is 0 Å². The van der Waals surface area contributed by atoms with Crippen LogP contribution < -0.4 is 11.1 Å². The van der Waals surface area contributed by atoms with Crippen LogP contribution in [0.25, 0.3) is 22.3 Å². The van der Waals surface area contributed by atoms with E-state index in [1.165, 1.54) is 0 Å². The molecule has 1 aromatic carbocycles. The Balaban J connectivity index is 1.74. The molecule has 6 nitrogen and oxygen atoms in total. The van der Waals surface area contributed by atoms with Gasteiger partial charge in [-0.05, 0) is 31.7 Å². The van der Waals surface area contributed by atoms with Crippen LogP contribution in [0.3, 0.4) is 0 Å². The Morgan fingerprint density at radius 1 is 1.35 bits per heavy atom. The Bertz CT molecular complexity index is 959. The molecule has 1 amide bonds. The molecule has 0 bridgehead atoms. The lowest BCUT2D eigenvalue weighted by molar-refractivity contribution is 0.0952. The average molecular weight is 349 g/mol. The van der Waals surface area contributed by atoms with Gasteiger partial charge >= 0.3 is 0 Å². The van der Waals surface area contributed by atoms with Crippen molar-refractivity contribution in [1.82, 2.24) is 20.1 Å². The number of rotatable bonds is 5. The molecule has 1 unspecified atom stereocenters. The van der Waals surface area contributed by atoms with Crippen LogP contribution in [0.5, 0.6) is 0 Å². The van der Waals surface area contributed by atoms with Crippen molar-refractivity contribution >= 4 is 16.9 Å². The Hall–Kier alpha value is -2.73. The first kappa shape index (κ1) is 16.7. The molecule has 3 aromatic rings. The highest BCUT2D eigenvalue weighted by molar-refractivity contribution is 6.07. The van der Waals surface area contributed by atoms with Crippen molar-refractivity contribution in [2.75, 3.05) is 6.54 Å². The summed E-state index contributed by atoms with van der Waals surface area (Å²) in [4.78, 5) is 17.7. The molecule has 1 aliphatic rings. The molecule has 1 aliphatic carbocycles. The molecule has 1 saturated carbocycles. The molecule has 0 saturated heterocycles.